The topological polar surface area (TPSA) is 117 Å². The van der Waals surface area contributed by atoms with Crippen LogP contribution in [0.25, 0.3) is 0 Å². The van der Waals surface area contributed by atoms with Gasteiger partial charge in [-0.1, -0.05) is 32.9 Å². The Balaban J connectivity index is 1.78. The van der Waals surface area contributed by atoms with Crippen molar-refractivity contribution in [2.45, 2.75) is 52.0 Å². The number of nitrogens with zero attached hydrogens (tertiary/aromatic N) is 1. The molecule has 3 rings (SSSR count). The van der Waals surface area contributed by atoms with Crippen LogP contribution in [0, 0.1) is 16.0 Å². The molecule has 2 aromatic rings. The van der Waals surface area contributed by atoms with Crippen molar-refractivity contribution in [3.63, 3.8) is 0 Å². The molecule has 0 aromatic heterocycles. The number of nitro benzene ring substituents is 1. The molecular formula is C23H29N2O7P. The molecule has 0 aliphatic heterocycles. The lowest BCUT2D eigenvalue weighted by Gasteiger charge is -2.24. The molecule has 1 aliphatic rings. The van der Waals surface area contributed by atoms with Crippen LogP contribution in [0.3, 0.4) is 0 Å². The fraction of sp³-hybridized carbons (Fsp3) is 0.435. The molecule has 0 heterocycles. The number of nitrogens with one attached hydrogen (secondary N) is 1. The maximum absolute atomic E-state index is 13.6. The number of esters is 1. The van der Waals surface area contributed by atoms with Gasteiger partial charge in [0.15, 0.2) is 0 Å². The van der Waals surface area contributed by atoms with E-state index in [0.717, 1.165) is 18.4 Å². The summed E-state index contributed by atoms with van der Waals surface area (Å²) in [5, 5.41) is 13.5. The van der Waals surface area contributed by atoms with Gasteiger partial charge in [0.1, 0.15) is 17.5 Å². The number of hydrogen-bond acceptors (Lipinski definition) is 7. The zero-order valence-corrected chi connectivity index (χ0v) is 20.0. The Hall–Kier alpha value is -2.90. The maximum Gasteiger partial charge on any atom is 0.513 e. The number of non-ortho nitro benzene ring substituents is 1. The number of benzene rings is 2. The molecule has 0 radical (unpaired) electrons. The number of carbonyl (C=O) groups excluding carboxylic acids is 1. The van der Waals surface area contributed by atoms with E-state index < -0.39 is 24.7 Å². The molecule has 0 bridgehead atoms. The summed E-state index contributed by atoms with van der Waals surface area (Å²) in [4.78, 5) is 22.7. The van der Waals surface area contributed by atoms with Gasteiger partial charge in [0.05, 0.1) is 11.5 Å². The maximum atomic E-state index is 13.6. The molecule has 0 spiro atoms. The highest BCUT2D eigenvalue weighted by Gasteiger charge is 2.35. The first-order valence-electron chi connectivity index (χ1n) is 10.7. The van der Waals surface area contributed by atoms with E-state index in [0.29, 0.717) is 12.5 Å². The van der Waals surface area contributed by atoms with Crippen LogP contribution < -0.4 is 14.1 Å². The lowest BCUT2D eigenvalue weighted by atomic mass is 9.87. The molecule has 0 saturated heterocycles. The summed E-state index contributed by atoms with van der Waals surface area (Å²) in [6.45, 7) is 8.05. The predicted molar refractivity (Wildman–Crippen MR) is 123 cm³/mol. The van der Waals surface area contributed by atoms with E-state index in [4.69, 9.17) is 13.8 Å². The second-order valence-electron chi connectivity index (χ2n) is 9.13. The molecule has 1 N–H and O–H groups in total. The Kier molecular flexibility index (Phi) is 7.44. The van der Waals surface area contributed by atoms with E-state index in [1.54, 1.807) is 12.1 Å². The highest BCUT2D eigenvalue weighted by Crippen LogP contribution is 2.46. The zero-order chi connectivity index (χ0) is 24.2. The third kappa shape index (κ3) is 7.30. The number of rotatable bonds is 10. The van der Waals surface area contributed by atoms with Gasteiger partial charge in [-0.05, 0) is 60.9 Å². The third-order valence-electron chi connectivity index (χ3n) is 5.08. The Morgan fingerprint density at radius 2 is 1.61 bits per heavy atom. The highest BCUT2D eigenvalue weighted by molar-refractivity contribution is 7.52. The number of carbonyl (C=O) groups is 1. The van der Waals surface area contributed by atoms with E-state index in [9.17, 15) is 19.5 Å². The van der Waals surface area contributed by atoms with E-state index in [1.165, 1.54) is 31.2 Å². The van der Waals surface area contributed by atoms with Crippen LogP contribution in [0.2, 0.25) is 0 Å². The summed E-state index contributed by atoms with van der Waals surface area (Å²) in [5.74, 6) is 0.184. The Bertz CT molecular complexity index is 1030. The van der Waals surface area contributed by atoms with Gasteiger partial charge in [-0.15, -0.1) is 0 Å². The van der Waals surface area contributed by atoms with E-state index in [2.05, 4.69) is 25.9 Å². The van der Waals surface area contributed by atoms with Crippen LogP contribution in [-0.2, 0) is 19.5 Å². The third-order valence-corrected chi connectivity index (χ3v) is 6.69. The molecule has 1 aliphatic carbocycles. The van der Waals surface area contributed by atoms with Gasteiger partial charge in [-0.25, -0.2) is 4.57 Å². The number of ether oxygens (including phenoxy) is 1. The lowest BCUT2D eigenvalue weighted by Crippen LogP contribution is -2.36. The molecular weight excluding hydrogens is 447 g/mol. The highest BCUT2D eigenvalue weighted by atomic mass is 31.2. The molecule has 1 unspecified atom stereocenters. The van der Waals surface area contributed by atoms with E-state index >= 15 is 0 Å². The summed E-state index contributed by atoms with van der Waals surface area (Å²) in [6, 6.07) is 11.2. The van der Waals surface area contributed by atoms with Gasteiger partial charge in [0.2, 0.25) is 0 Å². The van der Waals surface area contributed by atoms with Crippen LogP contribution in [0.5, 0.6) is 11.5 Å². The summed E-state index contributed by atoms with van der Waals surface area (Å²) < 4.78 is 30.2. The van der Waals surface area contributed by atoms with Crippen LogP contribution in [-0.4, -0.2) is 23.5 Å². The average Bonchev–Trinajstić information content (AvgIpc) is 3.56. The number of hydrogen-bond donors (Lipinski definition) is 1. The van der Waals surface area contributed by atoms with Crippen molar-refractivity contribution < 1.29 is 28.1 Å². The minimum absolute atomic E-state index is 0.0738. The molecule has 2 atom stereocenters. The smallest absolute Gasteiger partial charge is 0.464 e. The van der Waals surface area contributed by atoms with Gasteiger partial charge in [-0.3, -0.25) is 14.9 Å². The Morgan fingerprint density at radius 1 is 1.09 bits per heavy atom. The first-order chi connectivity index (χ1) is 15.4. The van der Waals surface area contributed by atoms with E-state index in [-0.39, 0.29) is 22.6 Å². The lowest BCUT2D eigenvalue weighted by molar-refractivity contribution is -0.384. The van der Waals surface area contributed by atoms with Crippen molar-refractivity contribution in [1.82, 2.24) is 5.09 Å². The fourth-order valence-corrected chi connectivity index (χ4v) is 4.41. The SMILES string of the molecule is C[C@H](NP(=O)(Oc1ccc([N+](=O)[O-])cc1)Oc1ccc(C(C)(C)C)cc1)C(=O)OCC1CC1. The summed E-state index contributed by atoms with van der Waals surface area (Å²) in [5.41, 5.74) is 0.849. The Morgan fingerprint density at radius 3 is 2.06 bits per heavy atom. The zero-order valence-electron chi connectivity index (χ0n) is 19.1. The van der Waals surface area contributed by atoms with Crippen LogP contribution in [0.4, 0.5) is 5.69 Å². The average molecular weight is 476 g/mol. The molecule has 0 amide bonds. The standard InChI is InChI=1S/C23H29N2O7P/c1-16(22(26)30-15-17-5-6-17)24-33(29,32-21-13-9-19(10-14-21)25(27)28)31-20-11-7-18(8-12-20)23(2,3)4/h7-14,16-17H,5-6,15H2,1-4H3,(H,24,29)/t16-,33?/m0/s1. The normalized spacial score (nSPS) is 16.4. The minimum Gasteiger partial charge on any atom is -0.464 e. The molecule has 10 heteroatoms. The second kappa shape index (κ2) is 9.93. The summed E-state index contributed by atoms with van der Waals surface area (Å²) in [6.07, 6.45) is 2.06. The molecule has 33 heavy (non-hydrogen) atoms. The van der Waals surface area contributed by atoms with Gasteiger partial charge in [-0.2, -0.15) is 5.09 Å². The van der Waals surface area contributed by atoms with Gasteiger partial charge < -0.3 is 13.8 Å². The van der Waals surface area contributed by atoms with Crippen molar-refractivity contribution in [1.29, 1.82) is 0 Å². The molecule has 9 nitrogen and oxygen atoms in total. The summed E-state index contributed by atoms with van der Waals surface area (Å²) >= 11 is 0. The molecule has 2 aromatic carbocycles. The van der Waals surface area contributed by atoms with Gasteiger partial charge in [0, 0.05) is 12.1 Å². The van der Waals surface area contributed by atoms with Crippen molar-refractivity contribution in [2.24, 2.45) is 5.92 Å². The van der Waals surface area contributed by atoms with Crippen molar-refractivity contribution in [3.8, 4) is 11.5 Å². The fourth-order valence-electron chi connectivity index (χ4n) is 2.89. The number of nitro groups is 1. The Labute approximate surface area is 193 Å². The summed E-state index contributed by atoms with van der Waals surface area (Å²) in [7, 11) is -4.12. The van der Waals surface area contributed by atoms with Crippen LogP contribution in [0.1, 0.15) is 46.1 Å². The van der Waals surface area contributed by atoms with E-state index in [1.807, 2.05) is 12.1 Å². The molecule has 1 saturated carbocycles. The van der Waals surface area contributed by atoms with Gasteiger partial charge in [0.25, 0.3) is 5.69 Å². The predicted octanol–water partition coefficient (Wildman–Crippen LogP) is 5.39. The first kappa shape index (κ1) is 24.7. The minimum atomic E-state index is -4.12. The van der Waals surface area contributed by atoms with Crippen LogP contribution in [0.15, 0.2) is 48.5 Å². The monoisotopic (exact) mass is 476 g/mol. The van der Waals surface area contributed by atoms with Crippen LogP contribution >= 0.6 is 7.75 Å². The van der Waals surface area contributed by atoms with Crippen molar-refractivity contribution in [2.75, 3.05) is 6.61 Å². The molecule has 1 fully saturated rings. The second-order valence-corrected chi connectivity index (χ2v) is 10.7. The first-order valence-corrected chi connectivity index (χ1v) is 12.3. The van der Waals surface area contributed by atoms with Gasteiger partial charge >= 0.3 is 13.7 Å². The molecule has 178 valence electrons. The largest absolute Gasteiger partial charge is 0.513 e. The van der Waals surface area contributed by atoms with Crippen molar-refractivity contribution >= 4 is 19.4 Å². The quantitative estimate of drug-likeness (QED) is 0.210. The van der Waals surface area contributed by atoms with Crippen molar-refractivity contribution in [3.05, 3.63) is 64.2 Å².